The highest BCUT2D eigenvalue weighted by Crippen LogP contribution is 2.40. The lowest BCUT2D eigenvalue weighted by molar-refractivity contribution is -0.141. The second-order valence-corrected chi connectivity index (χ2v) is 6.79. The van der Waals surface area contributed by atoms with Crippen molar-refractivity contribution in [1.82, 2.24) is 9.88 Å². The van der Waals surface area contributed by atoms with Gasteiger partial charge in [-0.1, -0.05) is 31.0 Å². The highest BCUT2D eigenvalue weighted by Gasteiger charge is 2.47. The minimum atomic E-state index is -0.897. The molecular weight excluding hydrogens is 304 g/mol. The molecule has 24 heavy (non-hydrogen) atoms. The number of pyridine rings is 1. The number of carboxylic acid groups (broad SMARTS) is 1. The van der Waals surface area contributed by atoms with Crippen LogP contribution >= 0.6 is 0 Å². The number of rotatable bonds is 2. The van der Waals surface area contributed by atoms with Gasteiger partial charge in [0.25, 0.3) is 5.91 Å². The minimum absolute atomic E-state index is 0.0475. The maximum atomic E-state index is 13.3. The summed E-state index contributed by atoms with van der Waals surface area (Å²) in [5.74, 6) is -0.779. The zero-order chi connectivity index (χ0) is 16.7. The van der Waals surface area contributed by atoms with E-state index >= 15 is 0 Å². The number of aliphatic carboxylic acids is 1. The molecule has 124 valence electrons. The van der Waals surface area contributed by atoms with Crippen LogP contribution in [0.2, 0.25) is 0 Å². The molecule has 4 rings (SSSR count). The first-order valence-electron chi connectivity index (χ1n) is 8.56. The summed E-state index contributed by atoms with van der Waals surface area (Å²) < 4.78 is 0. The molecule has 0 radical (unpaired) electrons. The van der Waals surface area contributed by atoms with E-state index in [-0.39, 0.29) is 11.9 Å². The summed E-state index contributed by atoms with van der Waals surface area (Å²) in [4.78, 5) is 31.0. The van der Waals surface area contributed by atoms with Crippen LogP contribution < -0.4 is 0 Å². The van der Waals surface area contributed by atoms with Gasteiger partial charge >= 0.3 is 5.97 Å². The standard InChI is InChI=1S/C19H20N2O3/c22-18(14-8-3-6-12-7-4-10-20-17(12)14)21-15-9-2-1-5-13(15)11-16(21)19(23)24/h3-4,6-8,10,13,15-16H,1-2,5,9,11H2,(H,23,24). The molecule has 1 aromatic heterocycles. The van der Waals surface area contributed by atoms with Gasteiger partial charge in [0.05, 0.1) is 11.1 Å². The van der Waals surface area contributed by atoms with E-state index in [1.54, 1.807) is 17.2 Å². The third-order valence-electron chi connectivity index (χ3n) is 5.47. The van der Waals surface area contributed by atoms with Crippen molar-refractivity contribution in [3.63, 3.8) is 0 Å². The predicted molar refractivity (Wildman–Crippen MR) is 89.7 cm³/mol. The van der Waals surface area contributed by atoms with Crippen LogP contribution in [0, 0.1) is 5.92 Å². The number of aromatic nitrogens is 1. The molecule has 5 nitrogen and oxygen atoms in total. The van der Waals surface area contributed by atoms with E-state index in [9.17, 15) is 14.7 Å². The topological polar surface area (TPSA) is 70.5 Å². The summed E-state index contributed by atoms with van der Waals surface area (Å²) >= 11 is 0. The number of benzene rings is 1. The summed E-state index contributed by atoms with van der Waals surface area (Å²) in [6.07, 6.45) is 6.35. The number of fused-ring (bicyclic) bond motifs is 2. The molecule has 2 aromatic rings. The SMILES string of the molecule is O=C(O)C1CC2CCCCC2N1C(=O)c1cccc2cccnc12. The maximum absolute atomic E-state index is 13.3. The lowest BCUT2D eigenvalue weighted by Gasteiger charge is -2.33. The van der Waals surface area contributed by atoms with Gasteiger partial charge in [0.2, 0.25) is 0 Å². The number of carbonyl (C=O) groups excluding carboxylic acids is 1. The molecule has 1 amide bonds. The van der Waals surface area contributed by atoms with Crippen LogP contribution in [-0.4, -0.2) is 39.0 Å². The van der Waals surface area contributed by atoms with E-state index in [0.29, 0.717) is 23.4 Å². The number of hydrogen-bond donors (Lipinski definition) is 1. The Hall–Kier alpha value is -2.43. The van der Waals surface area contributed by atoms with Gasteiger partial charge in [-0.3, -0.25) is 9.78 Å². The van der Waals surface area contributed by atoms with Gasteiger partial charge in [0.1, 0.15) is 6.04 Å². The molecule has 2 fully saturated rings. The number of amides is 1. The van der Waals surface area contributed by atoms with Crippen molar-refractivity contribution >= 4 is 22.8 Å². The van der Waals surface area contributed by atoms with E-state index < -0.39 is 12.0 Å². The average Bonchev–Trinajstić information content (AvgIpc) is 3.00. The van der Waals surface area contributed by atoms with Crippen molar-refractivity contribution in [2.75, 3.05) is 0 Å². The highest BCUT2D eigenvalue weighted by atomic mass is 16.4. The molecular formula is C19H20N2O3. The first-order valence-corrected chi connectivity index (χ1v) is 8.56. The fourth-order valence-corrected chi connectivity index (χ4v) is 4.39. The molecule has 1 aromatic carbocycles. The first kappa shape index (κ1) is 15.1. The van der Waals surface area contributed by atoms with Gasteiger partial charge < -0.3 is 10.0 Å². The molecule has 3 atom stereocenters. The van der Waals surface area contributed by atoms with Crippen LogP contribution in [0.5, 0.6) is 0 Å². The maximum Gasteiger partial charge on any atom is 0.326 e. The van der Waals surface area contributed by atoms with Gasteiger partial charge in [0.15, 0.2) is 0 Å². The van der Waals surface area contributed by atoms with Crippen molar-refractivity contribution < 1.29 is 14.7 Å². The molecule has 1 aliphatic heterocycles. The van der Waals surface area contributed by atoms with Crippen LogP contribution in [0.15, 0.2) is 36.5 Å². The Labute approximate surface area is 140 Å². The summed E-state index contributed by atoms with van der Waals surface area (Å²) in [5.41, 5.74) is 1.15. The number of likely N-dealkylation sites (tertiary alicyclic amines) is 1. The Morgan fingerprint density at radius 1 is 1.12 bits per heavy atom. The van der Waals surface area contributed by atoms with Crippen molar-refractivity contribution in [3.8, 4) is 0 Å². The van der Waals surface area contributed by atoms with E-state index in [1.807, 2.05) is 24.3 Å². The number of carbonyl (C=O) groups is 2. The zero-order valence-corrected chi connectivity index (χ0v) is 13.4. The van der Waals surface area contributed by atoms with Crippen LogP contribution in [0.25, 0.3) is 10.9 Å². The average molecular weight is 324 g/mol. The molecule has 1 saturated heterocycles. The quantitative estimate of drug-likeness (QED) is 0.921. The van der Waals surface area contributed by atoms with E-state index in [2.05, 4.69) is 4.98 Å². The Balaban J connectivity index is 1.77. The third kappa shape index (κ3) is 2.35. The molecule has 0 spiro atoms. The molecule has 0 bridgehead atoms. The summed E-state index contributed by atoms with van der Waals surface area (Å²) in [7, 11) is 0. The van der Waals surface area contributed by atoms with Gasteiger partial charge in [0, 0.05) is 17.6 Å². The van der Waals surface area contributed by atoms with Crippen LogP contribution in [0.4, 0.5) is 0 Å². The Morgan fingerprint density at radius 3 is 2.75 bits per heavy atom. The third-order valence-corrected chi connectivity index (χ3v) is 5.47. The van der Waals surface area contributed by atoms with Crippen LogP contribution in [0.3, 0.4) is 0 Å². The van der Waals surface area contributed by atoms with E-state index in [1.165, 1.54) is 0 Å². The largest absolute Gasteiger partial charge is 0.480 e. The number of nitrogens with zero attached hydrogens (tertiary/aromatic N) is 2. The van der Waals surface area contributed by atoms with Crippen LogP contribution in [0.1, 0.15) is 42.5 Å². The fraction of sp³-hybridized carbons (Fsp3) is 0.421. The molecule has 2 heterocycles. The lowest BCUT2D eigenvalue weighted by Crippen LogP contribution is -2.46. The number of para-hydroxylation sites is 1. The Bertz CT molecular complexity index is 799. The van der Waals surface area contributed by atoms with E-state index in [4.69, 9.17) is 0 Å². The predicted octanol–water partition coefficient (Wildman–Crippen LogP) is 3.09. The normalized spacial score (nSPS) is 26.3. The second-order valence-electron chi connectivity index (χ2n) is 6.79. The van der Waals surface area contributed by atoms with Crippen LogP contribution in [-0.2, 0) is 4.79 Å². The van der Waals surface area contributed by atoms with Crippen molar-refractivity contribution in [1.29, 1.82) is 0 Å². The smallest absolute Gasteiger partial charge is 0.326 e. The zero-order valence-electron chi connectivity index (χ0n) is 13.4. The van der Waals surface area contributed by atoms with Crippen molar-refractivity contribution in [2.45, 2.75) is 44.2 Å². The molecule has 2 aliphatic rings. The molecule has 1 saturated carbocycles. The van der Waals surface area contributed by atoms with Crippen molar-refractivity contribution in [2.24, 2.45) is 5.92 Å². The molecule has 1 aliphatic carbocycles. The summed E-state index contributed by atoms with van der Waals surface area (Å²) in [5, 5.41) is 10.5. The van der Waals surface area contributed by atoms with Gasteiger partial charge in [-0.2, -0.15) is 0 Å². The fourth-order valence-electron chi connectivity index (χ4n) is 4.39. The molecule has 5 heteroatoms. The first-order chi connectivity index (χ1) is 11.7. The van der Waals surface area contributed by atoms with E-state index in [0.717, 1.165) is 31.1 Å². The summed E-state index contributed by atoms with van der Waals surface area (Å²) in [6.45, 7) is 0. The monoisotopic (exact) mass is 324 g/mol. The molecule has 3 unspecified atom stereocenters. The Kier molecular flexibility index (Phi) is 3.71. The number of hydrogen-bond acceptors (Lipinski definition) is 3. The van der Waals surface area contributed by atoms with Gasteiger partial charge in [-0.25, -0.2) is 4.79 Å². The van der Waals surface area contributed by atoms with Crippen molar-refractivity contribution in [3.05, 3.63) is 42.1 Å². The summed E-state index contributed by atoms with van der Waals surface area (Å²) in [6, 6.07) is 8.59. The minimum Gasteiger partial charge on any atom is -0.480 e. The molecule has 1 N–H and O–H groups in total. The number of carboxylic acids is 1. The Morgan fingerprint density at radius 2 is 1.92 bits per heavy atom. The highest BCUT2D eigenvalue weighted by molar-refractivity contribution is 6.06. The van der Waals surface area contributed by atoms with Gasteiger partial charge in [-0.15, -0.1) is 0 Å². The second kappa shape index (κ2) is 5.89. The van der Waals surface area contributed by atoms with Gasteiger partial charge in [-0.05, 0) is 37.3 Å². The lowest BCUT2D eigenvalue weighted by atomic mass is 9.84.